The van der Waals surface area contributed by atoms with E-state index in [1.165, 1.54) is 12.1 Å². The summed E-state index contributed by atoms with van der Waals surface area (Å²) in [5, 5.41) is 0.638. The van der Waals surface area contributed by atoms with Gasteiger partial charge < -0.3 is 0 Å². The van der Waals surface area contributed by atoms with Gasteiger partial charge in [-0.2, -0.15) is 0 Å². The molecular formula is C10H11Cl2F. The molecule has 0 fully saturated rings. The van der Waals surface area contributed by atoms with Crippen molar-refractivity contribution in [2.24, 2.45) is 0 Å². The van der Waals surface area contributed by atoms with Gasteiger partial charge in [-0.25, -0.2) is 4.39 Å². The van der Waals surface area contributed by atoms with Crippen LogP contribution in [0.15, 0.2) is 12.1 Å². The van der Waals surface area contributed by atoms with Gasteiger partial charge in [0.25, 0.3) is 0 Å². The molecule has 0 N–H and O–H groups in total. The Morgan fingerprint density at radius 1 is 1.15 bits per heavy atom. The van der Waals surface area contributed by atoms with E-state index in [9.17, 15) is 4.39 Å². The second kappa shape index (κ2) is 3.47. The van der Waals surface area contributed by atoms with Crippen molar-refractivity contribution in [2.75, 3.05) is 0 Å². The molecule has 0 aliphatic heterocycles. The Balaban J connectivity index is 3.43. The van der Waals surface area contributed by atoms with Crippen molar-refractivity contribution in [1.29, 1.82) is 0 Å². The largest absolute Gasteiger partial charge is 0.205 e. The number of halogens is 3. The molecule has 0 atom stereocenters. The number of rotatable bonds is 0. The van der Waals surface area contributed by atoms with E-state index in [1.54, 1.807) is 0 Å². The fourth-order valence-electron chi connectivity index (χ4n) is 1.21. The van der Waals surface area contributed by atoms with Gasteiger partial charge in [-0.1, -0.05) is 44.0 Å². The summed E-state index contributed by atoms with van der Waals surface area (Å²) in [6.45, 7) is 5.83. The summed E-state index contributed by atoms with van der Waals surface area (Å²) in [5.74, 6) is -0.420. The zero-order chi connectivity index (χ0) is 10.2. The standard InChI is InChI=1S/C10H11Cl2F/c1-10(2,3)8-6(11)4-5-7(13)9(8)12/h4-5H,1-3H3. The zero-order valence-corrected chi connectivity index (χ0v) is 9.30. The van der Waals surface area contributed by atoms with Crippen LogP contribution >= 0.6 is 23.2 Å². The molecule has 0 unspecified atom stereocenters. The van der Waals surface area contributed by atoms with Crippen LogP contribution in [0.25, 0.3) is 0 Å². The van der Waals surface area contributed by atoms with Gasteiger partial charge >= 0.3 is 0 Å². The second-order valence-corrected chi connectivity index (χ2v) is 4.75. The lowest BCUT2D eigenvalue weighted by molar-refractivity contribution is 0.573. The SMILES string of the molecule is CC(C)(C)c1c(Cl)ccc(F)c1Cl. The van der Waals surface area contributed by atoms with Crippen LogP contribution < -0.4 is 0 Å². The Labute approximate surface area is 87.7 Å². The lowest BCUT2D eigenvalue weighted by atomic mass is 9.87. The summed E-state index contributed by atoms with van der Waals surface area (Å²) in [6, 6.07) is 2.81. The van der Waals surface area contributed by atoms with Crippen molar-refractivity contribution in [3.63, 3.8) is 0 Å². The van der Waals surface area contributed by atoms with Gasteiger partial charge in [0.15, 0.2) is 0 Å². The first-order chi connectivity index (χ1) is 5.84. The van der Waals surface area contributed by atoms with Crippen molar-refractivity contribution < 1.29 is 4.39 Å². The molecule has 0 nitrogen and oxygen atoms in total. The average Bonchev–Trinajstić information content (AvgIpc) is 1.95. The summed E-state index contributed by atoms with van der Waals surface area (Å²) in [6.07, 6.45) is 0. The minimum Gasteiger partial charge on any atom is -0.205 e. The van der Waals surface area contributed by atoms with Crippen molar-refractivity contribution >= 4 is 23.2 Å². The Hall–Kier alpha value is -0.270. The van der Waals surface area contributed by atoms with Crippen molar-refractivity contribution in [2.45, 2.75) is 26.2 Å². The monoisotopic (exact) mass is 220 g/mol. The molecular weight excluding hydrogens is 210 g/mol. The highest BCUT2D eigenvalue weighted by Gasteiger charge is 2.22. The van der Waals surface area contributed by atoms with Crippen LogP contribution in [0.1, 0.15) is 26.3 Å². The first-order valence-corrected chi connectivity index (χ1v) is 4.73. The van der Waals surface area contributed by atoms with Crippen LogP contribution in [-0.4, -0.2) is 0 Å². The van der Waals surface area contributed by atoms with Crippen LogP contribution in [0, 0.1) is 5.82 Å². The first-order valence-electron chi connectivity index (χ1n) is 3.98. The smallest absolute Gasteiger partial charge is 0.142 e. The van der Waals surface area contributed by atoms with Gasteiger partial charge in [0.1, 0.15) is 5.82 Å². The molecule has 0 saturated carbocycles. The number of benzene rings is 1. The van der Waals surface area contributed by atoms with Crippen molar-refractivity contribution in [3.05, 3.63) is 33.6 Å². The van der Waals surface area contributed by atoms with E-state index in [1.807, 2.05) is 20.8 Å². The quantitative estimate of drug-likeness (QED) is 0.568. The van der Waals surface area contributed by atoms with Gasteiger partial charge in [-0.3, -0.25) is 0 Å². The predicted molar refractivity (Wildman–Crippen MR) is 55.1 cm³/mol. The zero-order valence-electron chi connectivity index (χ0n) is 7.79. The van der Waals surface area contributed by atoms with Crippen LogP contribution in [0.2, 0.25) is 10.0 Å². The molecule has 72 valence electrons. The molecule has 0 heterocycles. The lowest BCUT2D eigenvalue weighted by Gasteiger charge is -2.22. The predicted octanol–water partition coefficient (Wildman–Crippen LogP) is 4.43. The molecule has 13 heavy (non-hydrogen) atoms. The highest BCUT2D eigenvalue weighted by atomic mass is 35.5. The fraction of sp³-hybridized carbons (Fsp3) is 0.400. The maximum absolute atomic E-state index is 13.1. The van der Waals surface area contributed by atoms with Gasteiger partial charge in [0, 0.05) is 5.02 Å². The third-order valence-corrected chi connectivity index (χ3v) is 2.48. The average molecular weight is 221 g/mol. The molecule has 0 bridgehead atoms. The van der Waals surface area contributed by atoms with Crippen LogP contribution in [-0.2, 0) is 5.41 Å². The van der Waals surface area contributed by atoms with E-state index < -0.39 is 5.82 Å². The summed E-state index contributed by atoms with van der Waals surface area (Å²) in [4.78, 5) is 0. The van der Waals surface area contributed by atoms with Crippen molar-refractivity contribution in [1.82, 2.24) is 0 Å². The van der Waals surface area contributed by atoms with E-state index >= 15 is 0 Å². The van der Waals surface area contributed by atoms with E-state index in [4.69, 9.17) is 23.2 Å². The first kappa shape index (κ1) is 10.8. The van der Waals surface area contributed by atoms with Crippen LogP contribution in [0.4, 0.5) is 4.39 Å². The minimum atomic E-state index is -0.420. The third kappa shape index (κ3) is 2.15. The summed E-state index contributed by atoms with van der Waals surface area (Å²) in [7, 11) is 0. The third-order valence-electron chi connectivity index (χ3n) is 1.79. The van der Waals surface area contributed by atoms with Gasteiger partial charge in [0.2, 0.25) is 0 Å². The van der Waals surface area contributed by atoms with Crippen molar-refractivity contribution in [3.8, 4) is 0 Å². The van der Waals surface area contributed by atoms with E-state index in [0.29, 0.717) is 10.6 Å². The number of hydrogen-bond acceptors (Lipinski definition) is 0. The second-order valence-electron chi connectivity index (χ2n) is 3.97. The molecule has 0 saturated heterocycles. The molecule has 0 aromatic heterocycles. The van der Waals surface area contributed by atoms with Gasteiger partial charge in [0.05, 0.1) is 5.02 Å². The Morgan fingerprint density at radius 2 is 1.69 bits per heavy atom. The Morgan fingerprint density at radius 3 is 2.08 bits per heavy atom. The number of hydrogen-bond donors (Lipinski definition) is 0. The summed E-state index contributed by atoms with van der Waals surface area (Å²) in [5.41, 5.74) is 0.423. The molecule has 3 heteroatoms. The fourth-order valence-corrected chi connectivity index (χ4v) is 2.15. The summed E-state index contributed by atoms with van der Waals surface area (Å²) >= 11 is 11.8. The highest BCUT2D eigenvalue weighted by Crippen LogP contribution is 2.36. The molecule has 1 aromatic rings. The van der Waals surface area contributed by atoms with Gasteiger partial charge in [-0.15, -0.1) is 0 Å². The highest BCUT2D eigenvalue weighted by molar-refractivity contribution is 6.36. The Kier molecular flexibility index (Phi) is 2.88. The molecule has 0 spiro atoms. The van der Waals surface area contributed by atoms with E-state index in [2.05, 4.69) is 0 Å². The molecule has 0 aliphatic rings. The molecule has 1 rings (SSSR count). The molecule has 0 aliphatic carbocycles. The molecule has 1 aromatic carbocycles. The van der Waals surface area contributed by atoms with E-state index in [-0.39, 0.29) is 10.4 Å². The van der Waals surface area contributed by atoms with E-state index in [0.717, 1.165) is 0 Å². The Bertz CT molecular complexity index is 326. The molecule has 0 radical (unpaired) electrons. The minimum absolute atomic E-state index is 0.125. The topological polar surface area (TPSA) is 0 Å². The lowest BCUT2D eigenvalue weighted by Crippen LogP contribution is -2.13. The normalized spacial score (nSPS) is 11.8. The van der Waals surface area contributed by atoms with Crippen LogP contribution in [0.5, 0.6) is 0 Å². The molecule has 0 amide bonds. The van der Waals surface area contributed by atoms with Crippen LogP contribution in [0.3, 0.4) is 0 Å². The maximum Gasteiger partial charge on any atom is 0.142 e. The summed E-state index contributed by atoms with van der Waals surface area (Å²) < 4.78 is 13.1. The maximum atomic E-state index is 13.1. The van der Waals surface area contributed by atoms with Gasteiger partial charge in [-0.05, 0) is 23.1 Å².